The number of halogens is 1. The van der Waals surface area contributed by atoms with E-state index >= 15 is 0 Å². The van der Waals surface area contributed by atoms with Gasteiger partial charge in [0.25, 0.3) is 0 Å². The maximum Gasteiger partial charge on any atom is 0.237 e. The summed E-state index contributed by atoms with van der Waals surface area (Å²) in [6, 6.07) is 7.16. The lowest BCUT2D eigenvalue weighted by Gasteiger charge is -2.33. The number of rotatable bonds is 4. The van der Waals surface area contributed by atoms with Crippen molar-refractivity contribution in [3.63, 3.8) is 0 Å². The van der Waals surface area contributed by atoms with Gasteiger partial charge in [0, 0.05) is 23.1 Å². The van der Waals surface area contributed by atoms with Crippen LogP contribution in [-0.2, 0) is 4.79 Å². The van der Waals surface area contributed by atoms with Gasteiger partial charge in [-0.25, -0.2) is 0 Å². The zero-order chi connectivity index (χ0) is 13.8. The van der Waals surface area contributed by atoms with Gasteiger partial charge in [-0.3, -0.25) is 14.5 Å². The van der Waals surface area contributed by atoms with E-state index in [-0.39, 0.29) is 17.7 Å². The van der Waals surface area contributed by atoms with Crippen molar-refractivity contribution >= 4 is 27.6 Å². The monoisotopic (exact) mass is 324 g/mol. The number of nitrogens with one attached hydrogen (secondary N) is 1. The molecule has 0 radical (unpaired) electrons. The fourth-order valence-corrected chi connectivity index (χ4v) is 2.73. The number of hydrogen-bond acceptors (Lipinski definition) is 3. The maximum atomic E-state index is 12.2. The summed E-state index contributed by atoms with van der Waals surface area (Å²) in [5, 5.41) is 2.84. The molecule has 1 aliphatic heterocycles. The van der Waals surface area contributed by atoms with E-state index in [1.807, 2.05) is 30.0 Å². The fourth-order valence-electron chi connectivity index (χ4n) is 2.33. The molecular formula is C14H17BrN2O2. The number of nitrogens with zero attached hydrogens (tertiary/aromatic N) is 1. The lowest BCUT2D eigenvalue weighted by molar-refractivity contribution is -0.128. The van der Waals surface area contributed by atoms with Crippen LogP contribution in [0, 0.1) is 0 Å². The molecule has 0 saturated carbocycles. The third-order valence-corrected chi connectivity index (χ3v) is 3.81. The summed E-state index contributed by atoms with van der Waals surface area (Å²) >= 11 is 3.36. The van der Waals surface area contributed by atoms with Gasteiger partial charge in [0.2, 0.25) is 5.91 Å². The molecule has 1 unspecified atom stereocenters. The largest absolute Gasteiger partial charge is 0.353 e. The molecule has 1 amide bonds. The number of hydrogen-bond donors (Lipinski definition) is 1. The number of Topliss-reactive ketones (excluding diaryl/α,β-unsaturated/α-hetero) is 1. The Labute approximate surface area is 121 Å². The van der Waals surface area contributed by atoms with Gasteiger partial charge in [-0.1, -0.05) is 35.0 Å². The third kappa shape index (κ3) is 3.42. The molecule has 19 heavy (non-hydrogen) atoms. The molecule has 1 aliphatic rings. The van der Waals surface area contributed by atoms with Crippen molar-refractivity contribution < 1.29 is 9.59 Å². The Morgan fingerprint density at radius 1 is 1.53 bits per heavy atom. The average Bonchev–Trinajstić information content (AvgIpc) is 2.39. The average molecular weight is 325 g/mol. The zero-order valence-electron chi connectivity index (χ0n) is 10.9. The summed E-state index contributed by atoms with van der Waals surface area (Å²) in [6.45, 7) is 3.60. The lowest BCUT2D eigenvalue weighted by Crippen LogP contribution is -2.56. The van der Waals surface area contributed by atoms with E-state index in [4.69, 9.17) is 0 Å². The van der Waals surface area contributed by atoms with Crippen LogP contribution in [0.3, 0.4) is 0 Å². The number of amides is 1. The van der Waals surface area contributed by atoms with Crippen LogP contribution < -0.4 is 5.32 Å². The van der Waals surface area contributed by atoms with Crippen LogP contribution in [0.25, 0.3) is 0 Å². The molecule has 2 rings (SSSR count). The topological polar surface area (TPSA) is 49.4 Å². The Hall–Kier alpha value is -1.20. The first-order valence-electron chi connectivity index (χ1n) is 6.42. The molecule has 0 aromatic heterocycles. The number of carbonyl (C=O) groups excluding carboxylic acids is 2. The molecule has 1 fully saturated rings. The first-order chi connectivity index (χ1) is 9.11. The summed E-state index contributed by atoms with van der Waals surface area (Å²) in [5.41, 5.74) is 0.676. The van der Waals surface area contributed by atoms with Gasteiger partial charge in [-0.15, -0.1) is 0 Å². The van der Waals surface area contributed by atoms with Crippen molar-refractivity contribution in [2.24, 2.45) is 0 Å². The highest BCUT2D eigenvalue weighted by atomic mass is 79.9. The summed E-state index contributed by atoms with van der Waals surface area (Å²) in [6.07, 6.45) is 0.720. The number of ketones is 1. The first kappa shape index (κ1) is 14.2. The Balaban J connectivity index is 2.07. The van der Waals surface area contributed by atoms with Crippen molar-refractivity contribution in [1.82, 2.24) is 10.2 Å². The predicted molar refractivity (Wildman–Crippen MR) is 77.1 cm³/mol. The smallest absolute Gasteiger partial charge is 0.237 e. The lowest BCUT2D eigenvalue weighted by atomic mass is 10.1. The summed E-state index contributed by atoms with van der Waals surface area (Å²) in [4.78, 5) is 25.9. The van der Waals surface area contributed by atoms with Gasteiger partial charge < -0.3 is 5.32 Å². The van der Waals surface area contributed by atoms with Gasteiger partial charge in [0.15, 0.2) is 5.78 Å². The molecule has 1 N–H and O–H groups in total. The highest BCUT2D eigenvalue weighted by Crippen LogP contribution is 2.14. The minimum Gasteiger partial charge on any atom is -0.353 e. The molecule has 0 aliphatic carbocycles. The number of piperazine rings is 1. The zero-order valence-corrected chi connectivity index (χ0v) is 12.4. The molecule has 1 aromatic rings. The van der Waals surface area contributed by atoms with Crippen LogP contribution in [0.5, 0.6) is 0 Å². The van der Waals surface area contributed by atoms with E-state index in [2.05, 4.69) is 21.2 Å². The van der Waals surface area contributed by atoms with Gasteiger partial charge in [0.1, 0.15) is 0 Å². The maximum absolute atomic E-state index is 12.2. The van der Waals surface area contributed by atoms with Crippen molar-refractivity contribution in [2.75, 3.05) is 19.6 Å². The van der Waals surface area contributed by atoms with E-state index in [1.165, 1.54) is 0 Å². The Morgan fingerprint density at radius 3 is 3.00 bits per heavy atom. The summed E-state index contributed by atoms with van der Waals surface area (Å²) in [7, 11) is 0. The molecule has 5 heteroatoms. The second kappa shape index (κ2) is 6.30. The van der Waals surface area contributed by atoms with Gasteiger partial charge >= 0.3 is 0 Å². The van der Waals surface area contributed by atoms with Gasteiger partial charge in [-0.2, -0.15) is 0 Å². The van der Waals surface area contributed by atoms with Crippen molar-refractivity contribution in [2.45, 2.75) is 19.4 Å². The van der Waals surface area contributed by atoms with E-state index in [0.29, 0.717) is 18.7 Å². The second-order valence-electron chi connectivity index (χ2n) is 4.62. The SMILES string of the molecule is CCC1C(=O)NCCN1CC(=O)c1cccc(Br)c1. The molecule has 1 atom stereocenters. The first-order valence-corrected chi connectivity index (χ1v) is 7.21. The summed E-state index contributed by atoms with van der Waals surface area (Å²) in [5.74, 6) is 0.0743. The molecule has 1 aromatic carbocycles. The standard InChI is InChI=1S/C14H17BrN2O2/c1-2-12-14(19)16-6-7-17(12)9-13(18)10-4-3-5-11(15)8-10/h3-5,8,12H,2,6-7,9H2,1H3,(H,16,19). The van der Waals surface area contributed by atoms with E-state index in [9.17, 15) is 9.59 Å². The van der Waals surface area contributed by atoms with Crippen molar-refractivity contribution in [3.8, 4) is 0 Å². The Kier molecular flexibility index (Phi) is 4.71. The third-order valence-electron chi connectivity index (χ3n) is 3.32. The molecule has 1 saturated heterocycles. The molecule has 0 bridgehead atoms. The van der Waals surface area contributed by atoms with Gasteiger partial charge in [0.05, 0.1) is 12.6 Å². The highest BCUT2D eigenvalue weighted by molar-refractivity contribution is 9.10. The van der Waals surface area contributed by atoms with Crippen LogP contribution in [0.2, 0.25) is 0 Å². The number of benzene rings is 1. The molecule has 0 spiro atoms. The second-order valence-corrected chi connectivity index (χ2v) is 5.53. The van der Waals surface area contributed by atoms with E-state index in [1.54, 1.807) is 6.07 Å². The minimum atomic E-state index is -0.190. The van der Waals surface area contributed by atoms with Crippen molar-refractivity contribution in [3.05, 3.63) is 34.3 Å². The number of carbonyl (C=O) groups is 2. The van der Waals surface area contributed by atoms with E-state index < -0.39 is 0 Å². The quantitative estimate of drug-likeness (QED) is 0.860. The van der Waals surface area contributed by atoms with Crippen LogP contribution in [-0.4, -0.2) is 42.3 Å². The molecular weight excluding hydrogens is 308 g/mol. The van der Waals surface area contributed by atoms with Crippen LogP contribution in [0.15, 0.2) is 28.7 Å². The molecule has 102 valence electrons. The highest BCUT2D eigenvalue weighted by Gasteiger charge is 2.29. The van der Waals surface area contributed by atoms with E-state index in [0.717, 1.165) is 17.4 Å². The predicted octanol–water partition coefficient (Wildman–Crippen LogP) is 1.84. The summed E-state index contributed by atoms with van der Waals surface area (Å²) < 4.78 is 0.891. The van der Waals surface area contributed by atoms with Crippen LogP contribution in [0.1, 0.15) is 23.7 Å². The fraction of sp³-hybridized carbons (Fsp3) is 0.429. The van der Waals surface area contributed by atoms with Crippen LogP contribution >= 0.6 is 15.9 Å². The molecule has 1 heterocycles. The Morgan fingerprint density at radius 2 is 2.32 bits per heavy atom. The van der Waals surface area contributed by atoms with Gasteiger partial charge in [-0.05, 0) is 18.6 Å². The normalized spacial score (nSPS) is 20.1. The minimum absolute atomic E-state index is 0.0239. The Bertz CT molecular complexity index is 490. The molecule has 4 nitrogen and oxygen atoms in total. The van der Waals surface area contributed by atoms with Crippen LogP contribution in [0.4, 0.5) is 0 Å². The van der Waals surface area contributed by atoms with Crippen molar-refractivity contribution in [1.29, 1.82) is 0 Å².